The standard InChI is InChI=1S/C20H19N5OS2/c1-12-4-6-13(7-5-12)23-19-24-14(11-28-19)10-27-18-16(9-22)20(2,3)15(8-21)17(26)25-18/h4-7,11,15H,10H2,1-3H3,(H,23,24)(H,25,26)/t15-/m1/s1. The van der Waals surface area contributed by atoms with E-state index < -0.39 is 11.3 Å². The first-order valence-corrected chi connectivity index (χ1v) is 10.5. The van der Waals surface area contributed by atoms with Crippen LogP contribution in [-0.2, 0) is 10.5 Å². The van der Waals surface area contributed by atoms with E-state index in [0.29, 0.717) is 16.4 Å². The topological polar surface area (TPSA) is 102 Å². The first-order valence-electron chi connectivity index (χ1n) is 8.61. The van der Waals surface area contributed by atoms with E-state index >= 15 is 0 Å². The average Bonchev–Trinajstić information content (AvgIpc) is 3.09. The number of thioether (sulfide) groups is 1. The van der Waals surface area contributed by atoms with E-state index in [-0.39, 0.29) is 5.91 Å². The molecule has 1 aliphatic rings. The van der Waals surface area contributed by atoms with Crippen LogP contribution in [0.5, 0.6) is 0 Å². The molecule has 0 unspecified atom stereocenters. The molecule has 3 rings (SSSR count). The average molecular weight is 410 g/mol. The SMILES string of the molecule is Cc1ccc(Nc2nc(CSC3=C(C#N)C(C)(C)[C@H](C#N)C(=O)N3)cs2)cc1. The second-order valence-electron chi connectivity index (χ2n) is 7.01. The van der Waals surface area contributed by atoms with Gasteiger partial charge in [-0.2, -0.15) is 10.5 Å². The Morgan fingerprint density at radius 2 is 2.04 bits per heavy atom. The molecular formula is C20H19N5OS2. The molecule has 0 saturated carbocycles. The molecular weight excluding hydrogens is 390 g/mol. The van der Waals surface area contributed by atoms with Crippen LogP contribution in [0.2, 0.25) is 0 Å². The van der Waals surface area contributed by atoms with Crippen molar-refractivity contribution in [2.24, 2.45) is 11.3 Å². The van der Waals surface area contributed by atoms with Gasteiger partial charge in [0.15, 0.2) is 5.13 Å². The molecule has 142 valence electrons. The maximum absolute atomic E-state index is 12.2. The van der Waals surface area contributed by atoms with E-state index in [9.17, 15) is 15.3 Å². The molecule has 28 heavy (non-hydrogen) atoms. The number of thiazole rings is 1. The summed E-state index contributed by atoms with van der Waals surface area (Å²) in [7, 11) is 0. The highest BCUT2D eigenvalue weighted by molar-refractivity contribution is 8.02. The molecule has 0 fully saturated rings. The van der Waals surface area contributed by atoms with E-state index in [4.69, 9.17) is 0 Å². The molecule has 1 aliphatic heterocycles. The molecule has 2 N–H and O–H groups in total. The van der Waals surface area contributed by atoms with Gasteiger partial charge in [0.25, 0.3) is 0 Å². The van der Waals surface area contributed by atoms with Crippen molar-refractivity contribution in [3.8, 4) is 12.1 Å². The van der Waals surface area contributed by atoms with Crippen LogP contribution in [-0.4, -0.2) is 10.9 Å². The summed E-state index contributed by atoms with van der Waals surface area (Å²) < 4.78 is 0. The van der Waals surface area contributed by atoms with Gasteiger partial charge in [-0.1, -0.05) is 31.5 Å². The van der Waals surface area contributed by atoms with Gasteiger partial charge in [-0.25, -0.2) is 4.98 Å². The summed E-state index contributed by atoms with van der Waals surface area (Å²) >= 11 is 2.85. The van der Waals surface area contributed by atoms with Crippen LogP contribution in [0.3, 0.4) is 0 Å². The van der Waals surface area contributed by atoms with Crippen LogP contribution in [0, 0.1) is 40.9 Å². The molecule has 0 aliphatic carbocycles. The summed E-state index contributed by atoms with van der Waals surface area (Å²) in [6, 6.07) is 12.2. The number of hydrogen-bond acceptors (Lipinski definition) is 7. The van der Waals surface area contributed by atoms with Crippen LogP contribution in [0.25, 0.3) is 0 Å². The van der Waals surface area contributed by atoms with Crippen molar-refractivity contribution in [3.05, 3.63) is 51.5 Å². The number of hydrogen-bond donors (Lipinski definition) is 2. The Morgan fingerprint density at radius 1 is 1.32 bits per heavy atom. The molecule has 6 nitrogen and oxygen atoms in total. The van der Waals surface area contributed by atoms with E-state index in [1.807, 2.05) is 42.6 Å². The zero-order valence-electron chi connectivity index (χ0n) is 15.7. The second-order valence-corrected chi connectivity index (χ2v) is 8.86. The number of rotatable bonds is 5. The number of allylic oxidation sites excluding steroid dienone is 1. The van der Waals surface area contributed by atoms with Gasteiger partial charge in [0.05, 0.1) is 28.4 Å². The van der Waals surface area contributed by atoms with E-state index in [0.717, 1.165) is 16.5 Å². The van der Waals surface area contributed by atoms with Crippen LogP contribution in [0.1, 0.15) is 25.1 Å². The number of anilines is 2. The van der Waals surface area contributed by atoms with Gasteiger partial charge in [0.1, 0.15) is 5.92 Å². The zero-order valence-corrected chi connectivity index (χ0v) is 17.4. The number of aromatic nitrogens is 1. The summed E-state index contributed by atoms with van der Waals surface area (Å²) in [6.07, 6.45) is 0. The highest BCUT2D eigenvalue weighted by atomic mass is 32.2. The Bertz CT molecular complexity index is 1010. The van der Waals surface area contributed by atoms with Crippen molar-refractivity contribution < 1.29 is 4.79 Å². The smallest absolute Gasteiger partial charge is 0.243 e. The number of carbonyl (C=O) groups excluding carboxylic acids is 1. The maximum atomic E-state index is 12.2. The van der Waals surface area contributed by atoms with Crippen LogP contribution in [0.4, 0.5) is 10.8 Å². The fourth-order valence-electron chi connectivity index (χ4n) is 2.87. The molecule has 1 aromatic carbocycles. The van der Waals surface area contributed by atoms with Gasteiger partial charge in [-0.3, -0.25) is 4.79 Å². The predicted molar refractivity (Wildman–Crippen MR) is 112 cm³/mol. The van der Waals surface area contributed by atoms with Crippen molar-refractivity contribution in [1.29, 1.82) is 10.5 Å². The minimum Gasteiger partial charge on any atom is -0.332 e. The number of nitrogens with zero attached hydrogens (tertiary/aromatic N) is 3. The molecule has 8 heteroatoms. The Kier molecular flexibility index (Phi) is 5.73. The van der Waals surface area contributed by atoms with Crippen LogP contribution in [0.15, 0.2) is 40.2 Å². The zero-order chi connectivity index (χ0) is 20.3. The molecule has 2 aromatic rings. The summed E-state index contributed by atoms with van der Waals surface area (Å²) in [5.74, 6) is -0.731. The number of nitriles is 2. The predicted octanol–water partition coefficient (Wildman–Crippen LogP) is 4.46. The third-order valence-electron chi connectivity index (χ3n) is 4.55. The number of nitrogens with one attached hydrogen (secondary N) is 2. The maximum Gasteiger partial charge on any atom is 0.243 e. The molecule has 0 spiro atoms. The third kappa shape index (κ3) is 4.04. The fraction of sp³-hybridized carbons (Fsp3) is 0.300. The number of benzene rings is 1. The minimum atomic E-state index is -0.879. The van der Waals surface area contributed by atoms with Gasteiger partial charge in [0.2, 0.25) is 5.91 Å². The van der Waals surface area contributed by atoms with Gasteiger partial charge >= 0.3 is 0 Å². The largest absolute Gasteiger partial charge is 0.332 e. The summed E-state index contributed by atoms with van der Waals surface area (Å²) in [5.41, 5.74) is 2.62. The first-order chi connectivity index (χ1) is 13.3. The number of amides is 1. The lowest BCUT2D eigenvalue weighted by Gasteiger charge is -2.34. The van der Waals surface area contributed by atoms with Gasteiger partial charge in [0, 0.05) is 22.2 Å². The van der Waals surface area contributed by atoms with E-state index in [2.05, 4.69) is 21.7 Å². The number of carbonyl (C=O) groups is 1. The van der Waals surface area contributed by atoms with Crippen molar-refractivity contribution in [3.63, 3.8) is 0 Å². The van der Waals surface area contributed by atoms with Crippen LogP contribution < -0.4 is 10.6 Å². The Hall–Kier alpha value is -2.81. The Labute approximate surface area is 172 Å². The lowest BCUT2D eigenvalue weighted by molar-refractivity contribution is -0.125. The molecule has 2 heterocycles. The highest BCUT2D eigenvalue weighted by Gasteiger charge is 2.44. The van der Waals surface area contributed by atoms with Crippen LogP contribution >= 0.6 is 23.1 Å². The number of aryl methyl sites for hydroxylation is 1. The molecule has 0 saturated heterocycles. The fourth-order valence-corrected chi connectivity index (χ4v) is 4.77. The summed E-state index contributed by atoms with van der Waals surface area (Å²) in [5, 5.41) is 28.1. The lowest BCUT2D eigenvalue weighted by atomic mass is 9.72. The van der Waals surface area contributed by atoms with Crippen molar-refractivity contribution in [1.82, 2.24) is 10.3 Å². The third-order valence-corrected chi connectivity index (χ3v) is 6.39. The second kappa shape index (κ2) is 8.05. The van der Waals surface area contributed by atoms with Crippen molar-refractivity contribution in [2.75, 3.05) is 5.32 Å². The van der Waals surface area contributed by atoms with E-state index in [1.54, 1.807) is 13.8 Å². The first kappa shape index (κ1) is 19.9. The minimum absolute atomic E-state index is 0.367. The molecule has 1 aromatic heterocycles. The molecule has 0 bridgehead atoms. The van der Waals surface area contributed by atoms with E-state index in [1.165, 1.54) is 28.7 Å². The van der Waals surface area contributed by atoms with Crippen molar-refractivity contribution >= 4 is 39.8 Å². The van der Waals surface area contributed by atoms with Gasteiger partial charge in [-0.15, -0.1) is 23.1 Å². The highest BCUT2D eigenvalue weighted by Crippen LogP contribution is 2.42. The molecule has 0 radical (unpaired) electrons. The summed E-state index contributed by atoms with van der Waals surface area (Å²) in [4.78, 5) is 16.8. The van der Waals surface area contributed by atoms with Gasteiger partial charge in [-0.05, 0) is 19.1 Å². The Morgan fingerprint density at radius 3 is 2.68 bits per heavy atom. The summed E-state index contributed by atoms with van der Waals surface area (Å²) in [6.45, 7) is 5.55. The Balaban J connectivity index is 1.72. The quantitative estimate of drug-likeness (QED) is 0.756. The molecule has 1 amide bonds. The monoisotopic (exact) mass is 409 g/mol. The normalized spacial score (nSPS) is 18.2. The van der Waals surface area contributed by atoms with Crippen molar-refractivity contribution in [2.45, 2.75) is 26.5 Å². The van der Waals surface area contributed by atoms with Gasteiger partial charge < -0.3 is 10.6 Å². The lowest BCUT2D eigenvalue weighted by Crippen LogP contribution is -2.44. The molecule has 1 atom stereocenters.